The van der Waals surface area contributed by atoms with Gasteiger partial charge in [0.05, 0.1) is 18.5 Å². The third-order valence-corrected chi connectivity index (χ3v) is 7.45. The van der Waals surface area contributed by atoms with Crippen LogP contribution in [-0.2, 0) is 0 Å². The van der Waals surface area contributed by atoms with Gasteiger partial charge in [-0.05, 0) is 66.9 Å². The first kappa shape index (κ1) is 16.5. The van der Waals surface area contributed by atoms with Crippen LogP contribution in [0.15, 0.2) is 6.33 Å². The lowest BCUT2D eigenvalue weighted by molar-refractivity contribution is -0.00221. The standard InChI is InChI=1S/C19H24ClN5O2/c1-7-10-11(7)15(26)16(27)14(10)25-6-21-13-17(23-19(20)24-18(13)25)22-12(8-2-3-8)9-4-5-9/h6-12,14-16,26-27H,2-5H2,1H3,(H,22,23,24)/t7-,10+,11-,14?,15?,16?/m1/s1. The molecule has 4 aliphatic carbocycles. The Kier molecular flexibility index (Phi) is 3.39. The van der Waals surface area contributed by atoms with Gasteiger partial charge in [-0.1, -0.05) is 6.92 Å². The summed E-state index contributed by atoms with van der Waals surface area (Å²) in [6.07, 6.45) is 5.34. The number of aromatic nitrogens is 4. The average molecular weight is 390 g/mol. The molecule has 2 aromatic rings. The highest BCUT2D eigenvalue weighted by Crippen LogP contribution is 2.62. The molecule has 2 aromatic heterocycles. The topological polar surface area (TPSA) is 96.1 Å². The molecule has 6 atom stereocenters. The molecule has 4 aliphatic rings. The van der Waals surface area contributed by atoms with Gasteiger partial charge in [-0.15, -0.1) is 0 Å². The molecule has 6 rings (SSSR count). The van der Waals surface area contributed by atoms with Crippen LogP contribution in [0.25, 0.3) is 11.2 Å². The van der Waals surface area contributed by atoms with E-state index in [1.807, 2.05) is 4.57 Å². The molecule has 144 valence electrons. The summed E-state index contributed by atoms with van der Waals surface area (Å²) in [4.78, 5) is 13.4. The van der Waals surface area contributed by atoms with E-state index in [-0.39, 0.29) is 23.2 Å². The highest BCUT2D eigenvalue weighted by Gasteiger charge is 2.65. The predicted molar refractivity (Wildman–Crippen MR) is 100 cm³/mol. The van der Waals surface area contributed by atoms with Crippen molar-refractivity contribution in [3.05, 3.63) is 11.6 Å². The van der Waals surface area contributed by atoms with Gasteiger partial charge in [-0.2, -0.15) is 9.97 Å². The highest BCUT2D eigenvalue weighted by molar-refractivity contribution is 6.28. The number of nitrogens with one attached hydrogen (secondary N) is 1. The summed E-state index contributed by atoms with van der Waals surface area (Å²) in [6.45, 7) is 2.13. The van der Waals surface area contributed by atoms with Crippen LogP contribution in [0.1, 0.15) is 38.6 Å². The highest BCUT2D eigenvalue weighted by atomic mass is 35.5. The first-order chi connectivity index (χ1) is 13.0. The molecule has 4 fully saturated rings. The molecule has 3 N–H and O–H groups in total. The maximum atomic E-state index is 10.6. The van der Waals surface area contributed by atoms with E-state index in [1.54, 1.807) is 6.33 Å². The average Bonchev–Trinajstić information content (AvgIpc) is 3.53. The van der Waals surface area contributed by atoms with Crippen molar-refractivity contribution >= 4 is 28.6 Å². The van der Waals surface area contributed by atoms with Crippen molar-refractivity contribution in [2.24, 2.45) is 29.6 Å². The van der Waals surface area contributed by atoms with Crippen molar-refractivity contribution < 1.29 is 10.2 Å². The minimum Gasteiger partial charge on any atom is -0.390 e. The Hall–Kier alpha value is -1.44. The van der Waals surface area contributed by atoms with E-state index in [1.165, 1.54) is 25.7 Å². The van der Waals surface area contributed by atoms with Crippen molar-refractivity contribution in [2.45, 2.75) is 56.9 Å². The van der Waals surface area contributed by atoms with Crippen molar-refractivity contribution in [3.63, 3.8) is 0 Å². The second-order valence-electron chi connectivity index (χ2n) is 9.00. The maximum absolute atomic E-state index is 10.6. The fourth-order valence-electron chi connectivity index (χ4n) is 5.51. The minimum atomic E-state index is -0.801. The third-order valence-electron chi connectivity index (χ3n) is 7.28. The number of hydrogen-bond donors (Lipinski definition) is 3. The molecule has 0 spiro atoms. The number of rotatable bonds is 5. The predicted octanol–water partition coefficient (Wildman–Crippen LogP) is 2.24. The van der Waals surface area contributed by atoms with Crippen molar-refractivity contribution in [1.29, 1.82) is 0 Å². The van der Waals surface area contributed by atoms with E-state index >= 15 is 0 Å². The first-order valence-electron chi connectivity index (χ1n) is 10.1. The Balaban J connectivity index is 1.39. The Morgan fingerprint density at radius 3 is 2.44 bits per heavy atom. The van der Waals surface area contributed by atoms with E-state index in [2.05, 4.69) is 27.2 Å². The molecule has 8 heteroatoms. The van der Waals surface area contributed by atoms with Crippen LogP contribution in [0.4, 0.5) is 5.82 Å². The van der Waals surface area contributed by atoms with Gasteiger partial charge in [0, 0.05) is 6.04 Å². The lowest BCUT2D eigenvalue weighted by Crippen LogP contribution is -2.32. The van der Waals surface area contributed by atoms with Crippen LogP contribution in [-0.4, -0.2) is 48.0 Å². The van der Waals surface area contributed by atoms with Gasteiger partial charge in [0.25, 0.3) is 0 Å². The fourth-order valence-corrected chi connectivity index (χ4v) is 5.67. The van der Waals surface area contributed by atoms with Gasteiger partial charge in [-0.25, -0.2) is 4.98 Å². The molecule has 4 saturated carbocycles. The van der Waals surface area contributed by atoms with Crippen LogP contribution in [0.5, 0.6) is 0 Å². The summed E-state index contributed by atoms with van der Waals surface area (Å²) in [7, 11) is 0. The van der Waals surface area contributed by atoms with Crippen molar-refractivity contribution in [3.8, 4) is 0 Å². The molecule has 3 unspecified atom stereocenters. The van der Waals surface area contributed by atoms with Crippen LogP contribution < -0.4 is 5.32 Å². The molecule has 0 saturated heterocycles. The van der Waals surface area contributed by atoms with Gasteiger partial charge in [0.1, 0.15) is 6.10 Å². The lowest BCUT2D eigenvalue weighted by Gasteiger charge is -2.24. The van der Waals surface area contributed by atoms with E-state index in [4.69, 9.17) is 11.6 Å². The smallest absolute Gasteiger partial charge is 0.226 e. The Morgan fingerprint density at radius 2 is 1.81 bits per heavy atom. The zero-order valence-electron chi connectivity index (χ0n) is 15.2. The SMILES string of the molecule is C[C@H]1[C@H]2C(O)C(O)C(n3cnc4c(NC(C5CC5)C5CC5)nc(Cl)nc43)[C@@H]12. The molecule has 0 aliphatic heterocycles. The normalized spacial score (nSPS) is 37.8. The third kappa shape index (κ3) is 2.44. The molecule has 0 aromatic carbocycles. The number of fused-ring (bicyclic) bond motifs is 2. The first-order valence-corrected chi connectivity index (χ1v) is 10.4. The van der Waals surface area contributed by atoms with E-state index < -0.39 is 12.2 Å². The van der Waals surface area contributed by atoms with E-state index in [0.29, 0.717) is 28.9 Å². The minimum absolute atomic E-state index is 0.159. The number of aliphatic hydroxyl groups is 2. The van der Waals surface area contributed by atoms with Crippen LogP contribution in [0.3, 0.4) is 0 Å². The Labute approximate surface area is 162 Å². The number of imidazole rings is 1. The zero-order chi connectivity index (χ0) is 18.4. The van der Waals surface area contributed by atoms with Gasteiger partial charge in [0.15, 0.2) is 17.0 Å². The molecule has 7 nitrogen and oxygen atoms in total. The summed E-state index contributed by atoms with van der Waals surface area (Å²) in [5, 5.41) is 24.7. The molecular weight excluding hydrogens is 366 g/mol. The number of hydrogen-bond acceptors (Lipinski definition) is 6. The van der Waals surface area contributed by atoms with E-state index in [9.17, 15) is 10.2 Å². The summed E-state index contributed by atoms with van der Waals surface area (Å²) in [6, 6.07) is 0.225. The number of aliphatic hydroxyl groups excluding tert-OH is 2. The zero-order valence-corrected chi connectivity index (χ0v) is 15.9. The molecule has 2 heterocycles. The van der Waals surface area contributed by atoms with Gasteiger partial charge in [0.2, 0.25) is 5.28 Å². The van der Waals surface area contributed by atoms with Crippen LogP contribution in [0.2, 0.25) is 5.28 Å². The molecular formula is C19H24ClN5O2. The summed E-state index contributed by atoms with van der Waals surface area (Å²) < 4.78 is 1.90. The van der Waals surface area contributed by atoms with Gasteiger partial charge in [-0.3, -0.25) is 0 Å². The molecule has 27 heavy (non-hydrogen) atoms. The molecule has 0 radical (unpaired) electrons. The second kappa shape index (κ2) is 5.55. The second-order valence-corrected chi connectivity index (χ2v) is 9.33. The van der Waals surface area contributed by atoms with Crippen molar-refractivity contribution in [1.82, 2.24) is 19.5 Å². The van der Waals surface area contributed by atoms with Gasteiger partial charge >= 0.3 is 0 Å². The van der Waals surface area contributed by atoms with Crippen LogP contribution >= 0.6 is 11.6 Å². The largest absolute Gasteiger partial charge is 0.390 e. The number of anilines is 1. The summed E-state index contributed by atoms with van der Waals surface area (Å²) >= 11 is 6.26. The molecule has 0 bridgehead atoms. The van der Waals surface area contributed by atoms with Crippen LogP contribution in [0, 0.1) is 29.6 Å². The number of halogens is 1. The van der Waals surface area contributed by atoms with E-state index in [0.717, 1.165) is 11.8 Å². The summed E-state index contributed by atoms with van der Waals surface area (Å²) in [5.74, 6) is 2.96. The lowest BCUT2D eigenvalue weighted by atomic mass is 10.0. The maximum Gasteiger partial charge on any atom is 0.226 e. The fraction of sp³-hybridized carbons (Fsp3) is 0.737. The Bertz CT molecular complexity index is 899. The van der Waals surface area contributed by atoms with Crippen molar-refractivity contribution in [2.75, 3.05) is 5.32 Å². The Morgan fingerprint density at radius 1 is 1.11 bits per heavy atom. The summed E-state index contributed by atoms with van der Waals surface area (Å²) in [5.41, 5.74) is 1.34. The molecule has 0 amide bonds. The number of nitrogens with zero attached hydrogens (tertiary/aromatic N) is 4. The monoisotopic (exact) mass is 389 g/mol. The van der Waals surface area contributed by atoms with Gasteiger partial charge < -0.3 is 20.1 Å². The quantitative estimate of drug-likeness (QED) is 0.679.